The van der Waals surface area contributed by atoms with Crippen LogP contribution in [0.2, 0.25) is 0 Å². The standard InChI is InChI=1S/C58H85NS/c1-3-5-7-9-11-13-15-17-19-21-23-25-27-29-31-33-35-47-37-43-55-53(45-47)50-40-41-51-49(57(50)59-55)39-42-52-54-46-48(38-44-56(54)60-58(51)52)36-34-32-30-28-26-24-22-20-18-16-14-12-10-8-6-4-2/h37-46,59H,3-36H2,1-2H3. The van der Waals surface area contributed by atoms with Gasteiger partial charge in [-0.25, -0.2) is 0 Å². The van der Waals surface area contributed by atoms with E-state index in [1.165, 1.54) is 282 Å². The summed E-state index contributed by atoms with van der Waals surface area (Å²) in [4.78, 5) is 3.85. The zero-order chi connectivity index (χ0) is 41.5. The second-order valence-electron chi connectivity index (χ2n) is 19.1. The van der Waals surface area contributed by atoms with Crippen molar-refractivity contribution in [3.63, 3.8) is 0 Å². The molecule has 328 valence electrons. The van der Waals surface area contributed by atoms with Crippen LogP contribution >= 0.6 is 11.3 Å². The second kappa shape index (κ2) is 27.3. The van der Waals surface area contributed by atoms with E-state index < -0.39 is 0 Å². The van der Waals surface area contributed by atoms with Gasteiger partial charge in [-0.3, -0.25) is 0 Å². The maximum absolute atomic E-state index is 3.85. The number of hydrogen-bond donors (Lipinski definition) is 1. The van der Waals surface area contributed by atoms with Gasteiger partial charge in [0.2, 0.25) is 0 Å². The number of aromatic nitrogens is 1. The van der Waals surface area contributed by atoms with E-state index in [0.717, 1.165) is 0 Å². The van der Waals surface area contributed by atoms with Crippen LogP contribution in [0.25, 0.3) is 52.8 Å². The Labute approximate surface area is 371 Å². The third-order valence-corrected chi connectivity index (χ3v) is 15.2. The van der Waals surface area contributed by atoms with E-state index in [2.05, 4.69) is 79.5 Å². The van der Waals surface area contributed by atoms with E-state index in [9.17, 15) is 0 Å². The minimum absolute atomic E-state index is 1.19. The molecule has 2 heterocycles. The minimum Gasteiger partial charge on any atom is -0.354 e. The van der Waals surface area contributed by atoms with Gasteiger partial charge in [-0.2, -0.15) is 0 Å². The summed E-state index contributed by atoms with van der Waals surface area (Å²) in [6, 6.07) is 24.1. The molecule has 0 amide bonds. The lowest BCUT2D eigenvalue weighted by Gasteiger charge is -2.05. The quantitative estimate of drug-likeness (QED) is 0.0390. The molecule has 60 heavy (non-hydrogen) atoms. The van der Waals surface area contributed by atoms with Crippen molar-refractivity contribution in [3.8, 4) is 0 Å². The van der Waals surface area contributed by atoms with Crippen molar-refractivity contribution in [1.29, 1.82) is 0 Å². The first-order valence-corrected chi connectivity index (χ1v) is 26.9. The van der Waals surface area contributed by atoms with Crippen LogP contribution in [0.15, 0.2) is 60.7 Å². The molecule has 0 saturated heterocycles. The van der Waals surface area contributed by atoms with Gasteiger partial charge in [0.05, 0.1) is 5.52 Å². The normalized spacial score (nSPS) is 12.1. The molecule has 0 bridgehead atoms. The van der Waals surface area contributed by atoms with Crippen LogP contribution in [0.3, 0.4) is 0 Å². The van der Waals surface area contributed by atoms with Crippen molar-refractivity contribution >= 4 is 64.1 Å². The van der Waals surface area contributed by atoms with Crippen LogP contribution in [0.1, 0.15) is 230 Å². The summed E-state index contributed by atoms with van der Waals surface area (Å²) >= 11 is 1.98. The van der Waals surface area contributed by atoms with Gasteiger partial charge in [0.15, 0.2) is 0 Å². The Hall–Kier alpha value is -2.84. The lowest BCUT2D eigenvalue weighted by Crippen LogP contribution is -1.87. The third kappa shape index (κ3) is 14.6. The second-order valence-corrected chi connectivity index (χ2v) is 20.1. The van der Waals surface area contributed by atoms with Crippen LogP contribution in [0, 0.1) is 0 Å². The van der Waals surface area contributed by atoms with Crippen LogP contribution in [0.5, 0.6) is 0 Å². The highest BCUT2D eigenvalue weighted by Crippen LogP contribution is 2.42. The molecule has 0 unspecified atom stereocenters. The van der Waals surface area contributed by atoms with E-state index in [1.807, 2.05) is 11.3 Å². The summed E-state index contributed by atoms with van der Waals surface area (Å²) < 4.78 is 2.86. The summed E-state index contributed by atoms with van der Waals surface area (Å²) in [5, 5.41) is 8.37. The van der Waals surface area contributed by atoms with Gasteiger partial charge < -0.3 is 4.98 Å². The molecule has 2 heteroatoms. The molecule has 0 saturated carbocycles. The maximum atomic E-state index is 3.85. The highest BCUT2D eigenvalue weighted by atomic mass is 32.1. The molecular weight excluding hydrogens is 743 g/mol. The fraction of sp³-hybridized carbons (Fsp3) is 0.621. The van der Waals surface area contributed by atoms with Crippen molar-refractivity contribution in [3.05, 3.63) is 71.8 Å². The van der Waals surface area contributed by atoms with Gasteiger partial charge in [-0.05, 0) is 61.1 Å². The molecule has 1 nitrogen and oxygen atoms in total. The Morgan fingerprint density at radius 1 is 0.333 bits per heavy atom. The summed E-state index contributed by atoms with van der Waals surface area (Å²) in [5.74, 6) is 0. The van der Waals surface area contributed by atoms with Crippen molar-refractivity contribution < 1.29 is 0 Å². The van der Waals surface area contributed by atoms with E-state index in [4.69, 9.17) is 0 Å². The third-order valence-electron chi connectivity index (χ3n) is 14.0. The Balaban J connectivity index is 0.898. The molecule has 1 N–H and O–H groups in total. The zero-order valence-electron chi connectivity index (χ0n) is 38.7. The monoisotopic (exact) mass is 828 g/mol. The highest BCUT2D eigenvalue weighted by Gasteiger charge is 2.14. The number of aromatic amines is 1. The van der Waals surface area contributed by atoms with Crippen LogP contribution < -0.4 is 0 Å². The molecule has 0 radical (unpaired) electrons. The van der Waals surface area contributed by atoms with Gasteiger partial charge >= 0.3 is 0 Å². The number of unbranched alkanes of at least 4 members (excludes halogenated alkanes) is 30. The predicted octanol–water partition coefficient (Wildman–Crippen LogP) is 20.5. The summed E-state index contributed by atoms with van der Waals surface area (Å²) in [5.41, 5.74) is 5.56. The number of rotatable bonds is 34. The van der Waals surface area contributed by atoms with E-state index >= 15 is 0 Å². The average molecular weight is 828 g/mol. The van der Waals surface area contributed by atoms with Crippen molar-refractivity contribution in [2.24, 2.45) is 0 Å². The van der Waals surface area contributed by atoms with Crippen LogP contribution in [-0.4, -0.2) is 4.98 Å². The van der Waals surface area contributed by atoms with E-state index in [0.29, 0.717) is 0 Å². The van der Waals surface area contributed by atoms with Gasteiger partial charge in [-0.1, -0.05) is 243 Å². The minimum atomic E-state index is 1.19. The maximum Gasteiger partial charge on any atom is 0.0545 e. The molecule has 4 aromatic carbocycles. The molecule has 6 rings (SSSR count). The SMILES string of the molecule is CCCCCCCCCCCCCCCCCCc1ccc2[nH]c3c(ccc4c3ccc3c5cc(CCCCCCCCCCCCCCCCCC)ccc5sc34)c2c1. The first-order chi connectivity index (χ1) is 29.8. The number of nitrogens with one attached hydrogen (secondary N) is 1. The van der Waals surface area contributed by atoms with E-state index in [1.54, 1.807) is 0 Å². The van der Waals surface area contributed by atoms with Gasteiger partial charge in [0.1, 0.15) is 0 Å². The molecule has 0 spiro atoms. The molecule has 0 aliphatic heterocycles. The Bertz CT molecular complexity index is 1930. The smallest absolute Gasteiger partial charge is 0.0545 e. The van der Waals surface area contributed by atoms with E-state index in [-0.39, 0.29) is 0 Å². The van der Waals surface area contributed by atoms with Gasteiger partial charge in [0, 0.05) is 47.2 Å². The largest absolute Gasteiger partial charge is 0.354 e. The van der Waals surface area contributed by atoms with Gasteiger partial charge in [-0.15, -0.1) is 11.3 Å². The number of hydrogen-bond acceptors (Lipinski definition) is 1. The first kappa shape index (κ1) is 46.7. The average Bonchev–Trinajstić information content (AvgIpc) is 3.84. The Kier molecular flexibility index (Phi) is 21.2. The lowest BCUT2D eigenvalue weighted by molar-refractivity contribution is 0.529. The van der Waals surface area contributed by atoms with Crippen LogP contribution in [-0.2, 0) is 12.8 Å². The molecule has 6 aromatic rings. The fourth-order valence-corrected chi connectivity index (χ4v) is 11.4. The Morgan fingerprint density at radius 3 is 1.13 bits per heavy atom. The van der Waals surface area contributed by atoms with Crippen molar-refractivity contribution in [2.45, 2.75) is 232 Å². The van der Waals surface area contributed by atoms with Crippen molar-refractivity contribution in [2.75, 3.05) is 0 Å². The summed E-state index contributed by atoms with van der Waals surface area (Å²) in [6.45, 7) is 4.62. The molecule has 0 fully saturated rings. The topological polar surface area (TPSA) is 15.8 Å². The predicted molar refractivity (Wildman–Crippen MR) is 273 cm³/mol. The summed E-state index contributed by atoms with van der Waals surface area (Å²) in [7, 11) is 0. The number of H-pyrrole nitrogens is 1. The molecule has 0 atom stereocenters. The fourth-order valence-electron chi connectivity index (χ4n) is 10.2. The van der Waals surface area contributed by atoms with Crippen molar-refractivity contribution in [1.82, 2.24) is 4.98 Å². The van der Waals surface area contributed by atoms with Crippen LogP contribution in [0.4, 0.5) is 0 Å². The molecule has 0 aliphatic rings. The summed E-state index contributed by atoms with van der Waals surface area (Å²) in [6.07, 6.45) is 48.0. The molecule has 2 aromatic heterocycles. The Morgan fingerprint density at radius 2 is 0.683 bits per heavy atom. The zero-order valence-corrected chi connectivity index (χ0v) is 39.5. The highest BCUT2D eigenvalue weighted by molar-refractivity contribution is 7.26. The number of benzene rings is 4. The number of fused-ring (bicyclic) bond motifs is 9. The number of thiophene rings is 1. The molecule has 0 aliphatic carbocycles. The lowest BCUT2D eigenvalue weighted by atomic mass is 9.99. The molecular formula is C58H85NS. The first-order valence-electron chi connectivity index (χ1n) is 26.1. The number of aryl methyl sites for hydroxylation is 2. The van der Waals surface area contributed by atoms with Gasteiger partial charge in [0.25, 0.3) is 0 Å².